The highest BCUT2D eigenvalue weighted by molar-refractivity contribution is 6.31. The van der Waals surface area contributed by atoms with Crippen molar-refractivity contribution in [3.05, 3.63) is 34.6 Å². The minimum atomic E-state index is -0.327. The van der Waals surface area contributed by atoms with E-state index < -0.39 is 0 Å². The Hall–Kier alpha value is -0.600. The third-order valence-corrected chi connectivity index (χ3v) is 3.67. The molecule has 0 bridgehead atoms. The number of nitrogens with one attached hydrogen (secondary N) is 1. The van der Waals surface area contributed by atoms with Gasteiger partial charge in [-0.1, -0.05) is 57.3 Å². The van der Waals surface area contributed by atoms with Gasteiger partial charge >= 0.3 is 0 Å². The molecule has 0 saturated carbocycles. The van der Waals surface area contributed by atoms with Gasteiger partial charge in [0, 0.05) is 6.04 Å². The fraction of sp³-hybridized carbons (Fsp3) is 0.625. The van der Waals surface area contributed by atoms with Crippen LogP contribution in [-0.2, 0) is 0 Å². The average Bonchev–Trinajstić information content (AvgIpc) is 2.37. The summed E-state index contributed by atoms with van der Waals surface area (Å²) in [7, 11) is 0. The van der Waals surface area contributed by atoms with Crippen molar-refractivity contribution in [2.75, 3.05) is 6.54 Å². The smallest absolute Gasteiger partial charge is 0.142 e. The zero-order valence-electron chi connectivity index (χ0n) is 12.2. The molecule has 1 aromatic rings. The number of hydrogen-bond donors (Lipinski definition) is 1. The second-order valence-corrected chi connectivity index (χ2v) is 5.85. The van der Waals surface area contributed by atoms with Crippen molar-refractivity contribution < 1.29 is 4.39 Å². The molecule has 1 N–H and O–H groups in total. The Balaban J connectivity index is 2.74. The summed E-state index contributed by atoms with van der Waals surface area (Å²) in [5.74, 6) is 0.376. The van der Waals surface area contributed by atoms with Crippen LogP contribution in [0.4, 0.5) is 4.39 Å². The highest BCUT2D eigenvalue weighted by Crippen LogP contribution is 2.29. The molecule has 0 spiro atoms. The normalized spacial score (nSPS) is 12.9. The molecule has 108 valence electrons. The number of rotatable bonds is 8. The summed E-state index contributed by atoms with van der Waals surface area (Å²) in [6.45, 7) is 7.51. The SMILES string of the molecule is CCCNC(CCCC(C)C)c1cccc(F)c1Cl. The molecule has 0 saturated heterocycles. The zero-order valence-corrected chi connectivity index (χ0v) is 12.9. The lowest BCUT2D eigenvalue weighted by Crippen LogP contribution is -2.22. The first-order valence-electron chi connectivity index (χ1n) is 7.23. The standard InChI is InChI=1S/C16H25ClFN/c1-4-11-19-15(10-5-7-12(2)3)13-8-6-9-14(18)16(13)17/h6,8-9,12,15,19H,4-5,7,10-11H2,1-3H3. The van der Waals surface area contributed by atoms with Gasteiger partial charge in [0.2, 0.25) is 0 Å². The first-order valence-corrected chi connectivity index (χ1v) is 7.61. The van der Waals surface area contributed by atoms with Crippen molar-refractivity contribution in [1.82, 2.24) is 5.32 Å². The van der Waals surface area contributed by atoms with Crippen LogP contribution in [0.15, 0.2) is 18.2 Å². The Bertz CT molecular complexity index is 379. The van der Waals surface area contributed by atoms with Crippen molar-refractivity contribution >= 4 is 11.6 Å². The minimum absolute atomic E-state index is 0.155. The monoisotopic (exact) mass is 285 g/mol. The lowest BCUT2D eigenvalue weighted by molar-refractivity contribution is 0.446. The van der Waals surface area contributed by atoms with E-state index in [1.807, 2.05) is 6.07 Å². The van der Waals surface area contributed by atoms with Gasteiger partial charge in [-0.15, -0.1) is 0 Å². The van der Waals surface area contributed by atoms with E-state index in [1.165, 1.54) is 12.5 Å². The minimum Gasteiger partial charge on any atom is -0.310 e. The van der Waals surface area contributed by atoms with E-state index in [0.717, 1.165) is 31.4 Å². The van der Waals surface area contributed by atoms with Crippen molar-refractivity contribution in [3.8, 4) is 0 Å². The van der Waals surface area contributed by atoms with E-state index in [0.29, 0.717) is 5.92 Å². The van der Waals surface area contributed by atoms with Gasteiger partial charge in [0.1, 0.15) is 5.82 Å². The first-order chi connectivity index (χ1) is 9.06. The summed E-state index contributed by atoms with van der Waals surface area (Å²) >= 11 is 6.09. The van der Waals surface area contributed by atoms with Gasteiger partial charge in [0.05, 0.1) is 5.02 Å². The van der Waals surface area contributed by atoms with Gasteiger partial charge in [-0.05, 0) is 36.9 Å². The molecule has 0 heterocycles. The number of benzene rings is 1. The van der Waals surface area contributed by atoms with Gasteiger partial charge in [0.15, 0.2) is 0 Å². The molecule has 1 nitrogen and oxygen atoms in total. The molecule has 0 aliphatic heterocycles. The van der Waals surface area contributed by atoms with E-state index >= 15 is 0 Å². The van der Waals surface area contributed by atoms with E-state index in [4.69, 9.17) is 11.6 Å². The molecular formula is C16H25ClFN. The van der Waals surface area contributed by atoms with E-state index in [-0.39, 0.29) is 16.9 Å². The molecule has 1 unspecified atom stereocenters. The number of halogens is 2. The molecule has 0 fully saturated rings. The van der Waals surface area contributed by atoms with Crippen LogP contribution in [0.2, 0.25) is 5.02 Å². The molecule has 1 aromatic carbocycles. The Morgan fingerprint density at radius 3 is 2.63 bits per heavy atom. The second-order valence-electron chi connectivity index (χ2n) is 5.47. The zero-order chi connectivity index (χ0) is 14.3. The van der Waals surface area contributed by atoms with Crippen molar-refractivity contribution in [1.29, 1.82) is 0 Å². The Morgan fingerprint density at radius 2 is 2.00 bits per heavy atom. The molecule has 0 aliphatic rings. The Morgan fingerprint density at radius 1 is 1.26 bits per heavy atom. The summed E-state index contributed by atoms with van der Waals surface area (Å²) < 4.78 is 13.6. The molecule has 0 aromatic heterocycles. The Kier molecular flexibility index (Phi) is 7.40. The summed E-state index contributed by atoms with van der Waals surface area (Å²) in [4.78, 5) is 0. The third-order valence-electron chi connectivity index (χ3n) is 3.27. The van der Waals surface area contributed by atoms with Crippen molar-refractivity contribution in [2.45, 2.75) is 52.5 Å². The van der Waals surface area contributed by atoms with E-state index in [9.17, 15) is 4.39 Å². The highest BCUT2D eigenvalue weighted by Gasteiger charge is 2.16. The van der Waals surface area contributed by atoms with Crippen molar-refractivity contribution in [2.24, 2.45) is 5.92 Å². The fourth-order valence-corrected chi connectivity index (χ4v) is 2.46. The summed E-state index contributed by atoms with van der Waals surface area (Å²) in [5.41, 5.74) is 0.888. The summed E-state index contributed by atoms with van der Waals surface area (Å²) in [6, 6.07) is 5.23. The predicted molar refractivity (Wildman–Crippen MR) is 81.1 cm³/mol. The van der Waals surface area contributed by atoms with Crippen LogP contribution < -0.4 is 5.32 Å². The molecule has 0 radical (unpaired) electrons. The third kappa shape index (κ3) is 5.50. The molecule has 0 amide bonds. The molecule has 0 aliphatic carbocycles. The van der Waals surface area contributed by atoms with Crippen LogP contribution in [-0.4, -0.2) is 6.54 Å². The maximum absolute atomic E-state index is 13.6. The predicted octanol–water partition coefficient (Wildman–Crippen LogP) is 5.35. The van der Waals surface area contributed by atoms with Crippen LogP contribution in [0.25, 0.3) is 0 Å². The first kappa shape index (κ1) is 16.5. The quantitative estimate of drug-likeness (QED) is 0.679. The Labute approximate surface area is 121 Å². The van der Waals surface area contributed by atoms with Gasteiger partial charge < -0.3 is 5.32 Å². The number of hydrogen-bond acceptors (Lipinski definition) is 1. The second kappa shape index (κ2) is 8.55. The summed E-state index contributed by atoms with van der Waals surface area (Å²) in [5, 5.41) is 3.74. The molecular weight excluding hydrogens is 261 g/mol. The van der Waals surface area contributed by atoms with Crippen LogP contribution >= 0.6 is 11.6 Å². The summed E-state index contributed by atoms with van der Waals surface area (Å²) in [6.07, 6.45) is 4.39. The van der Waals surface area contributed by atoms with E-state index in [1.54, 1.807) is 6.07 Å². The van der Waals surface area contributed by atoms with Crippen LogP contribution in [0, 0.1) is 11.7 Å². The largest absolute Gasteiger partial charge is 0.310 e. The van der Waals surface area contributed by atoms with Crippen LogP contribution in [0.1, 0.15) is 58.1 Å². The lowest BCUT2D eigenvalue weighted by Gasteiger charge is -2.21. The van der Waals surface area contributed by atoms with Crippen molar-refractivity contribution in [3.63, 3.8) is 0 Å². The lowest BCUT2D eigenvalue weighted by atomic mass is 9.97. The van der Waals surface area contributed by atoms with Crippen LogP contribution in [0.5, 0.6) is 0 Å². The van der Waals surface area contributed by atoms with Gasteiger partial charge in [0.25, 0.3) is 0 Å². The van der Waals surface area contributed by atoms with E-state index in [2.05, 4.69) is 26.1 Å². The van der Waals surface area contributed by atoms with Gasteiger partial charge in [-0.3, -0.25) is 0 Å². The maximum atomic E-state index is 13.6. The maximum Gasteiger partial charge on any atom is 0.142 e. The average molecular weight is 286 g/mol. The molecule has 3 heteroatoms. The molecule has 1 atom stereocenters. The molecule has 1 rings (SSSR count). The molecule has 19 heavy (non-hydrogen) atoms. The van der Waals surface area contributed by atoms with Crippen LogP contribution in [0.3, 0.4) is 0 Å². The van der Waals surface area contributed by atoms with Gasteiger partial charge in [-0.25, -0.2) is 4.39 Å². The fourth-order valence-electron chi connectivity index (χ4n) is 2.21. The van der Waals surface area contributed by atoms with Gasteiger partial charge in [-0.2, -0.15) is 0 Å². The topological polar surface area (TPSA) is 12.0 Å². The highest BCUT2D eigenvalue weighted by atomic mass is 35.5.